The summed E-state index contributed by atoms with van der Waals surface area (Å²) < 4.78 is 5.04. The van der Waals surface area contributed by atoms with E-state index in [1.54, 1.807) is 108 Å². The van der Waals surface area contributed by atoms with Crippen LogP contribution in [0.15, 0.2) is 316 Å². The van der Waals surface area contributed by atoms with E-state index in [1.165, 1.54) is 23.1 Å². The second kappa shape index (κ2) is 42.6. The van der Waals surface area contributed by atoms with E-state index < -0.39 is 11.2 Å². The van der Waals surface area contributed by atoms with Gasteiger partial charge in [0.15, 0.2) is 11.6 Å². The summed E-state index contributed by atoms with van der Waals surface area (Å²) in [5, 5.41) is 16.2. The van der Waals surface area contributed by atoms with Crippen LogP contribution in [-0.2, 0) is 30.4 Å². The lowest BCUT2D eigenvalue weighted by Crippen LogP contribution is -2.32. The Morgan fingerprint density at radius 1 is 0.519 bits per heavy atom. The minimum atomic E-state index is -0.580. The van der Waals surface area contributed by atoms with Crippen LogP contribution in [0.4, 0.5) is 0 Å². The molecule has 0 saturated carbocycles. The number of carbonyl (C=O) groups excluding carboxylic acids is 6. The highest BCUT2D eigenvalue weighted by Gasteiger charge is 2.28. The van der Waals surface area contributed by atoms with E-state index in [-0.39, 0.29) is 54.1 Å². The van der Waals surface area contributed by atoms with Crippen molar-refractivity contribution in [2.75, 3.05) is 34.9 Å². The van der Waals surface area contributed by atoms with Crippen LogP contribution in [0.5, 0.6) is 0 Å². The number of aryl methyl sites for hydroxylation is 1. The third-order valence-corrected chi connectivity index (χ3v) is 17.3. The van der Waals surface area contributed by atoms with Crippen LogP contribution in [0, 0.1) is 6.92 Å². The molecule has 15 rings (SSSR count). The van der Waals surface area contributed by atoms with Crippen molar-refractivity contribution in [1.82, 2.24) is 35.9 Å². The van der Waals surface area contributed by atoms with Crippen LogP contribution in [-0.4, -0.2) is 100 Å². The van der Waals surface area contributed by atoms with Crippen molar-refractivity contribution in [2.45, 2.75) is 44.9 Å². The second-order valence-corrected chi connectivity index (χ2v) is 24.6. The average molecular weight is 1480 g/mol. The third-order valence-electron chi connectivity index (χ3n) is 17.1. The zero-order valence-corrected chi connectivity index (χ0v) is 62.1. The number of hydrogen-bond acceptors (Lipinski definition) is 15. The van der Waals surface area contributed by atoms with Gasteiger partial charge in [-0.05, 0) is 198 Å². The van der Waals surface area contributed by atoms with Crippen molar-refractivity contribution in [3.63, 3.8) is 0 Å². The number of nitrogens with zero attached hydrogens (tertiary/aromatic N) is 6. The maximum atomic E-state index is 13.1. The Bertz CT molecular complexity index is 5310. The molecule has 546 valence electrons. The number of ether oxygens (including phenoxy) is 1. The van der Waals surface area contributed by atoms with Gasteiger partial charge in [0.2, 0.25) is 5.91 Å². The number of carbonyl (C=O) groups is 6. The summed E-state index contributed by atoms with van der Waals surface area (Å²) in [7, 11) is 6.34. The number of Topliss-reactive ketones (excluding diaryl/α,β-unsaturated/α-hetero) is 2. The van der Waals surface area contributed by atoms with Crippen LogP contribution >= 0.6 is 24.0 Å². The highest BCUT2D eigenvalue weighted by atomic mass is 35.5. The fraction of sp³-hybridized carbons (Fsp3) is 0.135. The quantitative estimate of drug-likeness (QED) is 0.0422. The summed E-state index contributed by atoms with van der Waals surface area (Å²) >= 11 is 5.36. The second-order valence-electron chi connectivity index (χ2n) is 24.2. The molecule has 5 heterocycles. The van der Waals surface area contributed by atoms with Crippen molar-refractivity contribution in [3.8, 4) is 0 Å². The minimum absolute atomic E-state index is 0. The molecule has 0 spiro atoms. The molecule has 2 amide bonds. The molecule has 0 radical (unpaired) electrons. The Morgan fingerprint density at radius 2 is 0.917 bits per heavy atom. The van der Waals surface area contributed by atoms with E-state index in [1.807, 2.05) is 207 Å². The fourth-order valence-electron chi connectivity index (χ4n) is 11.4. The average Bonchev–Trinajstić information content (AvgIpc) is 0.802. The molecule has 1 aliphatic heterocycles. The monoisotopic (exact) mass is 1480 g/mol. The number of aromatic nitrogens is 4. The molecule has 19 heteroatoms. The maximum Gasteiger partial charge on any atom is 0.306 e. The first-order valence-electron chi connectivity index (χ1n) is 34.4. The van der Waals surface area contributed by atoms with E-state index in [4.69, 9.17) is 21.2 Å². The highest BCUT2D eigenvalue weighted by molar-refractivity contribution is 6.67. The van der Waals surface area contributed by atoms with Crippen molar-refractivity contribution in [1.29, 1.82) is 0 Å². The number of hydroxylamine groups is 3. The molecule has 17 nitrogen and oxygen atoms in total. The van der Waals surface area contributed by atoms with Crippen molar-refractivity contribution < 1.29 is 43.2 Å². The lowest BCUT2D eigenvalue weighted by molar-refractivity contribution is -0.143. The number of ketones is 2. The maximum absolute atomic E-state index is 13.1. The molecular weight excluding hydrogens is 1400 g/mol. The number of fused-ring (bicyclic) bond motifs is 5. The standard InChI is InChI=1S/C21H19NO3.C19H15N3O.C17H13NO.C13H13NO2.C11H7ClO.C6H7N.C2H7NO.ClH/c1-2-25-20(23)14-19(16-9-11-22-12-10-16)21(24)18-8-7-15-5-3-4-6-17(15)13-18;23-18-12-17(14-7-9-20-10-8-14)19(22-21-18)16-6-5-13-3-1-2-4-15(13)11-16;19-17(11-13-7-9-18-10-8-13)16-6-5-14-3-1-2-4-15(14)12-16;1-14(16-2)13(15)12-8-7-10-5-3-4-6-11(10)9-12;12-11(13)10-6-5-8-3-1-2-4-9(8)7-10;1-6-2-4-7-5-3-6;1-3-4-2;/h3-13,19H,2,14H2,1H3;1-11,17H,12H2,(H,21,23);1-10,12H,11H2;3-9H,1-2H3;1-7H;2-5H,1H3;3H,1-2H3;1H. The van der Waals surface area contributed by atoms with Crippen LogP contribution in [0.25, 0.3) is 53.9 Å². The van der Waals surface area contributed by atoms with Gasteiger partial charge in [0.1, 0.15) is 0 Å². The van der Waals surface area contributed by atoms with Gasteiger partial charge in [-0.25, -0.2) is 16.0 Å². The zero-order valence-electron chi connectivity index (χ0n) is 60.6. The molecule has 2 atom stereocenters. The number of hydrogen-bond donors (Lipinski definition) is 2. The predicted octanol–water partition coefficient (Wildman–Crippen LogP) is 18.3. The number of nitrogens with one attached hydrogen (secondary N) is 2. The molecular formula is C89H82Cl2N8O9. The number of esters is 1. The lowest BCUT2D eigenvalue weighted by atomic mass is 9.86. The molecule has 1 aliphatic rings. The number of amides is 2. The molecule has 14 aromatic rings. The van der Waals surface area contributed by atoms with E-state index in [2.05, 4.69) is 71.1 Å². The fourth-order valence-corrected chi connectivity index (χ4v) is 11.5. The summed E-state index contributed by atoms with van der Waals surface area (Å²) in [5.41, 5.74) is 13.6. The van der Waals surface area contributed by atoms with Gasteiger partial charge in [0, 0.05) is 105 Å². The summed E-state index contributed by atoms with van der Waals surface area (Å²) in [6, 6.07) is 83.8. The summed E-state index contributed by atoms with van der Waals surface area (Å²) in [6.07, 6.45) is 14.6. The van der Waals surface area contributed by atoms with Gasteiger partial charge in [-0.2, -0.15) is 5.10 Å². The van der Waals surface area contributed by atoms with Gasteiger partial charge >= 0.3 is 5.97 Å². The smallest absolute Gasteiger partial charge is 0.306 e. The topological polar surface area (TPSA) is 221 Å². The minimum Gasteiger partial charge on any atom is -0.466 e. The molecule has 2 N–H and O–H groups in total. The SMILES string of the molecule is CCOC(=O)CC(C(=O)c1ccc2ccccc2c1)c1ccncc1.CNOC.CON(C)C(=O)c1ccc2ccccc2c1.Cc1ccncc1.Cl.O=C(Cc1ccncc1)c1ccc2ccccc2c1.O=C(Cl)c1ccc2ccccc2c1.O=C1CC(c2ccncc2)C(c2ccc3ccccc3c2)=NN1. The summed E-state index contributed by atoms with van der Waals surface area (Å²) in [4.78, 5) is 96.8. The van der Waals surface area contributed by atoms with Crippen molar-refractivity contribution in [3.05, 3.63) is 360 Å². The Morgan fingerprint density at radius 3 is 1.37 bits per heavy atom. The number of rotatable bonds is 15. The Hall–Kier alpha value is -12.4. The van der Waals surface area contributed by atoms with Crippen LogP contribution < -0.4 is 10.9 Å². The van der Waals surface area contributed by atoms with Gasteiger partial charge in [-0.15, -0.1) is 12.4 Å². The molecule has 2 unspecified atom stereocenters. The molecule has 108 heavy (non-hydrogen) atoms. The van der Waals surface area contributed by atoms with Gasteiger partial charge in [0.25, 0.3) is 11.1 Å². The van der Waals surface area contributed by atoms with E-state index in [0.29, 0.717) is 36.1 Å². The molecule has 0 fully saturated rings. The van der Waals surface area contributed by atoms with Crippen LogP contribution in [0.1, 0.15) is 101 Å². The normalized spacial score (nSPS) is 12.0. The van der Waals surface area contributed by atoms with E-state index in [0.717, 1.165) is 82.0 Å². The van der Waals surface area contributed by atoms with Crippen LogP contribution in [0.3, 0.4) is 0 Å². The van der Waals surface area contributed by atoms with Gasteiger partial charge < -0.3 is 9.57 Å². The first-order valence-corrected chi connectivity index (χ1v) is 34.8. The Balaban J connectivity index is 0.000000166. The first kappa shape index (κ1) is 81.3. The van der Waals surface area contributed by atoms with Gasteiger partial charge in [0.05, 0.1) is 38.9 Å². The van der Waals surface area contributed by atoms with E-state index >= 15 is 0 Å². The summed E-state index contributed by atoms with van der Waals surface area (Å²) in [5.74, 6) is -1.17. The van der Waals surface area contributed by atoms with Crippen molar-refractivity contribution >= 4 is 118 Å². The van der Waals surface area contributed by atoms with Crippen LogP contribution in [0.2, 0.25) is 0 Å². The summed E-state index contributed by atoms with van der Waals surface area (Å²) in [6.45, 7) is 4.10. The largest absolute Gasteiger partial charge is 0.466 e. The van der Waals surface area contributed by atoms with Gasteiger partial charge in [-0.3, -0.25) is 53.5 Å². The molecule has 0 saturated heterocycles. The number of pyridine rings is 4. The zero-order chi connectivity index (χ0) is 75.7. The molecule has 0 aliphatic carbocycles. The lowest BCUT2D eigenvalue weighted by Gasteiger charge is -2.23. The van der Waals surface area contributed by atoms with E-state index in [9.17, 15) is 28.8 Å². The molecule has 4 aromatic heterocycles. The van der Waals surface area contributed by atoms with Gasteiger partial charge in [-0.1, -0.05) is 170 Å². The molecule has 0 bridgehead atoms. The number of hydrazone groups is 1. The Labute approximate surface area is 639 Å². The predicted molar refractivity (Wildman–Crippen MR) is 432 cm³/mol. The number of benzene rings is 10. The molecule has 10 aromatic carbocycles. The third kappa shape index (κ3) is 24.1. The first-order chi connectivity index (χ1) is 52.1. The highest BCUT2D eigenvalue weighted by Crippen LogP contribution is 2.30. The van der Waals surface area contributed by atoms with Crippen molar-refractivity contribution in [2.24, 2.45) is 5.10 Å². The Kier molecular flexibility index (Phi) is 32.1. The number of halogens is 2.